The second kappa shape index (κ2) is 11.9. The molecule has 0 aliphatic heterocycles. The largest absolute Gasteiger partial charge is 0.495 e. The molecule has 4 rings (SSSR count). The summed E-state index contributed by atoms with van der Waals surface area (Å²) >= 11 is 13.0. The van der Waals surface area contributed by atoms with Gasteiger partial charge in [-0.25, -0.2) is 9.78 Å². The molecule has 2 aromatic heterocycles. The molecular weight excluding hydrogens is 521 g/mol. The number of hydrogen-bond donors (Lipinski definition) is 3. The summed E-state index contributed by atoms with van der Waals surface area (Å²) < 4.78 is 10.6. The van der Waals surface area contributed by atoms with Crippen molar-refractivity contribution in [2.24, 2.45) is 5.73 Å². The molecule has 37 heavy (non-hydrogen) atoms. The number of aromatic amines is 1. The lowest BCUT2D eigenvalue weighted by atomic mass is 9.97. The lowest BCUT2D eigenvalue weighted by Gasteiger charge is -2.16. The molecular formula is C25H25Cl2N5O5. The zero-order valence-corrected chi connectivity index (χ0v) is 22.0. The van der Waals surface area contributed by atoms with Gasteiger partial charge in [0.05, 0.1) is 41.5 Å². The maximum absolute atomic E-state index is 11.5. The summed E-state index contributed by atoms with van der Waals surface area (Å²) in [5.41, 5.74) is 7.48. The Morgan fingerprint density at radius 3 is 2.24 bits per heavy atom. The van der Waals surface area contributed by atoms with Crippen molar-refractivity contribution in [3.05, 3.63) is 69.9 Å². The van der Waals surface area contributed by atoms with E-state index in [1.807, 2.05) is 19.0 Å². The fourth-order valence-electron chi connectivity index (χ4n) is 3.59. The number of rotatable bonds is 7. The van der Waals surface area contributed by atoms with Gasteiger partial charge in [-0.1, -0.05) is 35.3 Å². The van der Waals surface area contributed by atoms with Crippen molar-refractivity contribution in [1.29, 1.82) is 0 Å². The Hall–Kier alpha value is -3.86. The molecule has 0 aliphatic rings. The van der Waals surface area contributed by atoms with E-state index >= 15 is 0 Å². The summed E-state index contributed by atoms with van der Waals surface area (Å²) in [6, 6.07) is 8.21. The van der Waals surface area contributed by atoms with Gasteiger partial charge in [-0.05, 0) is 31.8 Å². The molecule has 4 N–H and O–H groups in total. The van der Waals surface area contributed by atoms with Crippen molar-refractivity contribution in [2.75, 3.05) is 28.3 Å². The number of aromatic nitrogens is 3. The highest BCUT2D eigenvalue weighted by Gasteiger charge is 2.22. The molecule has 2 aromatic carbocycles. The quantitative estimate of drug-likeness (QED) is 0.308. The first-order valence-corrected chi connectivity index (χ1v) is 11.5. The number of nitrogens with one attached hydrogen (secondary N) is 1. The van der Waals surface area contributed by atoms with Crippen LogP contribution in [-0.2, 0) is 6.54 Å². The molecule has 0 saturated carbocycles. The first-order chi connectivity index (χ1) is 17.6. The number of ether oxygens (including phenoxy) is 2. The number of nitrogens with zero attached hydrogens (tertiary/aromatic N) is 3. The lowest BCUT2D eigenvalue weighted by molar-refractivity contribution is 0.0698. The zero-order chi connectivity index (χ0) is 27.3. The van der Waals surface area contributed by atoms with E-state index in [1.54, 1.807) is 30.5 Å². The number of carbonyl (C=O) groups excluding carboxylic acids is 1. The molecule has 1 amide bonds. The first kappa shape index (κ1) is 27.7. The summed E-state index contributed by atoms with van der Waals surface area (Å²) in [4.78, 5) is 34.9. The van der Waals surface area contributed by atoms with E-state index in [9.17, 15) is 14.7 Å². The van der Waals surface area contributed by atoms with Gasteiger partial charge in [-0.15, -0.1) is 0 Å². The normalized spacial score (nSPS) is 10.7. The van der Waals surface area contributed by atoms with Crippen molar-refractivity contribution < 1.29 is 24.2 Å². The number of carboxylic acid groups (broad SMARTS) is 1. The van der Waals surface area contributed by atoms with E-state index in [1.165, 1.54) is 26.5 Å². The lowest BCUT2D eigenvalue weighted by Crippen LogP contribution is -2.14. The number of hydrogen-bond acceptors (Lipinski definition) is 7. The number of amides is 1. The van der Waals surface area contributed by atoms with Crippen LogP contribution in [0, 0.1) is 0 Å². The van der Waals surface area contributed by atoms with Gasteiger partial charge in [0.25, 0.3) is 5.91 Å². The van der Waals surface area contributed by atoms with Crippen LogP contribution in [0.25, 0.3) is 22.0 Å². The Morgan fingerprint density at radius 2 is 1.73 bits per heavy atom. The Balaban J connectivity index is 0.000000266. The van der Waals surface area contributed by atoms with Crippen molar-refractivity contribution in [3.8, 4) is 22.6 Å². The number of methoxy groups -OCH3 is 2. The molecule has 0 spiro atoms. The fraction of sp³-hybridized carbons (Fsp3) is 0.200. The predicted octanol–water partition coefficient (Wildman–Crippen LogP) is 4.49. The smallest absolute Gasteiger partial charge is 0.337 e. The van der Waals surface area contributed by atoms with E-state index in [0.717, 1.165) is 12.2 Å². The number of imidazole rings is 1. The minimum atomic E-state index is -1.06. The number of primary amides is 1. The summed E-state index contributed by atoms with van der Waals surface area (Å²) in [5.74, 6) is -0.572. The molecule has 194 valence electrons. The van der Waals surface area contributed by atoms with Gasteiger partial charge in [0.15, 0.2) is 5.82 Å². The second-order valence-corrected chi connectivity index (χ2v) is 8.76. The van der Waals surface area contributed by atoms with Crippen molar-refractivity contribution >= 4 is 46.0 Å². The number of fused-ring (bicyclic) bond motifs is 1. The maximum Gasteiger partial charge on any atom is 0.337 e. The number of halogens is 2. The number of benzene rings is 2. The first-order valence-electron chi connectivity index (χ1n) is 10.8. The van der Waals surface area contributed by atoms with Gasteiger partial charge in [-0.2, -0.15) is 0 Å². The third-order valence-electron chi connectivity index (χ3n) is 5.19. The van der Waals surface area contributed by atoms with Crippen LogP contribution in [0.3, 0.4) is 0 Å². The molecule has 0 saturated heterocycles. The number of pyridine rings is 1. The minimum absolute atomic E-state index is 0.0986. The number of aromatic carboxylic acids is 1. The van der Waals surface area contributed by atoms with E-state index in [4.69, 9.17) is 38.4 Å². The molecule has 0 fully saturated rings. The van der Waals surface area contributed by atoms with Crippen molar-refractivity contribution in [2.45, 2.75) is 6.54 Å². The van der Waals surface area contributed by atoms with Crippen LogP contribution in [0.2, 0.25) is 10.0 Å². The monoisotopic (exact) mass is 545 g/mol. The van der Waals surface area contributed by atoms with Crippen molar-refractivity contribution in [1.82, 2.24) is 19.9 Å². The molecule has 4 aromatic rings. The van der Waals surface area contributed by atoms with Gasteiger partial charge in [0.2, 0.25) is 0 Å². The Labute approximate surface area is 222 Å². The summed E-state index contributed by atoms with van der Waals surface area (Å²) in [5, 5.41) is 10.6. The fourth-order valence-corrected chi connectivity index (χ4v) is 4.30. The second-order valence-electron chi connectivity index (χ2n) is 8.01. The average Bonchev–Trinajstić information content (AvgIpc) is 3.33. The summed E-state index contributed by atoms with van der Waals surface area (Å²) in [7, 11) is 6.85. The van der Waals surface area contributed by atoms with Crippen LogP contribution in [0.4, 0.5) is 0 Å². The number of carbonyl (C=O) groups is 2. The topological polar surface area (TPSA) is 144 Å². The van der Waals surface area contributed by atoms with Gasteiger partial charge in [-0.3, -0.25) is 9.78 Å². The van der Waals surface area contributed by atoms with E-state index in [2.05, 4.69) is 15.0 Å². The van der Waals surface area contributed by atoms with Gasteiger partial charge >= 0.3 is 5.97 Å². The number of H-pyrrole nitrogens is 1. The van der Waals surface area contributed by atoms with Crippen molar-refractivity contribution in [3.63, 3.8) is 0 Å². The van der Waals surface area contributed by atoms with E-state index in [-0.39, 0.29) is 11.4 Å². The standard InChI is InChI=1S/C18H13Cl2NO4.C7H12N4O/c1-24-12-8-13(25-2)16(20)14(15(12)19)9-5-6-11(18(22)23)17-10(9)4-3-7-21-17;1-11(2)4-5-3-9-7(10-5)6(8)12/h3-8H,1-2H3,(H,22,23);3H,4H2,1-2H3,(H2,8,12)(H,9,10). The van der Waals surface area contributed by atoms with Gasteiger partial charge < -0.3 is 30.2 Å². The Bertz CT molecular complexity index is 1430. The highest BCUT2D eigenvalue weighted by molar-refractivity contribution is 6.41. The number of carboxylic acids is 1. The van der Waals surface area contributed by atoms with Crippen LogP contribution in [0.1, 0.15) is 26.7 Å². The molecule has 0 radical (unpaired) electrons. The van der Waals surface area contributed by atoms with Crippen LogP contribution >= 0.6 is 23.2 Å². The van der Waals surface area contributed by atoms with Crippen LogP contribution in [-0.4, -0.2) is 65.1 Å². The molecule has 0 aliphatic carbocycles. The molecule has 0 atom stereocenters. The van der Waals surface area contributed by atoms with Crippen LogP contribution < -0.4 is 15.2 Å². The predicted molar refractivity (Wildman–Crippen MR) is 142 cm³/mol. The molecule has 12 heteroatoms. The average molecular weight is 546 g/mol. The third-order valence-corrected chi connectivity index (χ3v) is 5.94. The maximum atomic E-state index is 11.5. The summed E-state index contributed by atoms with van der Waals surface area (Å²) in [6.45, 7) is 0.722. The van der Waals surface area contributed by atoms with E-state index < -0.39 is 11.9 Å². The Kier molecular flexibility index (Phi) is 8.93. The molecule has 10 nitrogen and oxygen atoms in total. The van der Waals surface area contributed by atoms with Crippen LogP contribution in [0.15, 0.2) is 42.7 Å². The molecule has 0 bridgehead atoms. The third kappa shape index (κ3) is 6.11. The highest BCUT2D eigenvalue weighted by atomic mass is 35.5. The van der Waals surface area contributed by atoms with Gasteiger partial charge in [0, 0.05) is 35.5 Å². The van der Waals surface area contributed by atoms with E-state index in [0.29, 0.717) is 43.6 Å². The minimum Gasteiger partial charge on any atom is -0.495 e. The summed E-state index contributed by atoms with van der Waals surface area (Å²) in [6.07, 6.45) is 3.15. The van der Waals surface area contributed by atoms with Crippen LogP contribution in [0.5, 0.6) is 11.5 Å². The van der Waals surface area contributed by atoms with Gasteiger partial charge in [0.1, 0.15) is 11.5 Å². The SMILES string of the molecule is CN(C)Cc1cnc(C(N)=O)[nH]1.COc1cc(OC)c(Cl)c(-c2ccc(C(=O)O)c3ncccc23)c1Cl. The highest BCUT2D eigenvalue weighted by Crippen LogP contribution is 2.47. The zero-order valence-electron chi connectivity index (χ0n) is 20.5. The number of nitrogens with two attached hydrogens (primary N) is 1. The molecule has 2 heterocycles. The molecule has 0 unspecified atom stereocenters. The Morgan fingerprint density at radius 1 is 1.08 bits per heavy atom.